The molecule has 4 heavy (non-hydrogen) atoms. The van der Waals surface area contributed by atoms with Crippen molar-refractivity contribution in [1.82, 2.24) is 0 Å². The van der Waals surface area contributed by atoms with Crippen molar-refractivity contribution in [3.63, 3.8) is 0 Å². The van der Waals surface area contributed by atoms with Gasteiger partial charge in [0, 0.05) is 0 Å². The van der Waals surface area contributed by atoms with Crippen molar-refractivity contribution in [2.75, 3.05) is 0 Å². The fraction of sp³-hybridized carbons (Fsp3) is 0.500. The Bertz CT molecular complexity index is 29.0. The van der Waals surface area contributed by atoms with E-state index in [0.29, 0.717) is 0 Å². The maximum absolute atomic E-state index is 3.80. The van der Waals surface area contributed by atoms with Crippen LogP contribution in [0, 0.1) is 0 Å². The lowest BCUT2D eigenvalue weighted by Gasteiger charge is -1.63. The van der Waals surface area contributed by atoms with E-state index in [4.69, 9.17) is 0 Å². The molecule has 0 atom stereocenters. The van der Waals surface area contributed by atoms with E-state index in [1.807, 2.05) is 6.92 Å². The van der Waals surface area contributed by atoms with Crippen LogP contribution in [0.2, 0.25) is 0 Å². The Labute approximate surface area is 33.8 Å². The predicted octanol–water partition coefficient (Wildman–Crippen LogP) is 1.21. The normalized spacial score (nSPS) is 6.50. The zero-order chi connectivity index (χ0) is 3.58. The van der Waals surface area contributed by atoms with Crippen molar-refractivity contribution in [1.29, 1.82) is 0 Å². The SMILES string of the molecule is CC(=P)S. The Hall–Kier alpha value is 0.520. The molecule has 0 saturated heterocycles. The molecule has 0 heterocycles. The second kappa shape index (κ2) is 1.80. The van der Waals surface area contributed by atoms with E-state index >= 15 is 0 Å². The molecule has 0 spiro atoms. The van der Waals surface area contributed by atoms with Crippen LogP contribution in [0.15, 0.2) is 0 Å². The molecule has 0 radical (unpaired) electrons. The van der Waals surface area contributed by atoms with Crippen molar-refractivity contribution in [2.45, 2.75) is 6.92 Å². The second-order valence-corrected chi connectivity index (χ2v) is 2.43. The number of hydrogen-bond acceptors (Lipinski definition) is 0. The molecule has 0 aliphatic heterocycles. The Morgan fingerprint density at radius 3 is 2.00 bits per heavy atom. The molecule has 0 nitrogen and oxygen atoms in total. The van der Waals surface area contributed by atoms with E-state index in [1.165, 1.54) is 0 Å². The first-order chi connectivity index (χ1) is 1.73. The van der Waals surface area contributed by atoms with Crippen molar-refractivity contribution in [3.8, 4) is 0 Å². The van der Waals surface area contributed by atoms with E-state index < -0.39 is 0 Å². The molecule has 0 fully saturated rings. The zero-order valence-corrected chi connectivity index (χ0v) is 4.34. The molecule has 0 aliphatic rings. The highest BCUT2D eigenvalue weighted by atomic mass is 32.1. The van der Waals surface area contributed by atoms with Gasteiger partial charge in [-0.05, 0) is 11.5 Å². The largest absolute Gasteiger partial charge is 0.144 e. The van der Waals surface area contributed by atoms with Crippen LogP contribution in [0.5, 0.6) is 0 Å². The average molecular weight is 92.1 g/mol. The molecule has 24 valence electrons. The third-order valence-electron chi connectivity index (χ3n) is 0. The number of thiol groups is 1. The van der Waals surface area contributed by atoms with Gasteiger partial charge >= 0.3 is 0 Å². The Morgan fingerprint density at radius 1 is 2.00 bits per heavy atom. The van der Waals surface area contributed by atoms with Gasteiger partial charge in [0.2, 0.25) is 0 Å². The fourth-order valence-electron chi connectivity index (χ4n) is 0. The maximum atomic E-state index is 3.80. The molecule has 0 saturated carbocycles. The Balaban J connectivity index is 2.80. The summed E-state index contributed by atoms with van der Waals surface area (Å²) in [5.74, 6) is 0. The van der Waals surface area contributed by atoms with Crippen molar-refractivity contribution in [2.24, 2.45) is 0 Å². The molecule has 0 aromatic heterocycles. The van der Waals surface area contributed by atoms with Crippen molar-refractivity contribution < 1.29 is 0 Å². The van der Waals surface area contributed by atoms with Crippen LogP contribution < -0.4 is 0 Å². The first-order valence-electron chi connectivity index (χ1n) is 0.974. The highest BCUT2D eigenvalue weighted by Crippen LogP contribution is 1.77. The fourth-order valence-corrected chi connectivity index (χ4v) is 0. The molecule has 0 unspecified atom stereocenters. The molecular formula is C2H5PS. The Kier molecular flexibility index (Phi) is 2.04. The molecule has 2 heteroatoms. The van der Waals surface area contributed by atoms with Gasteiger partial charge in [0.15, 0.2) is 0 Å². The van der Waals surface area contributed by atoms with E-state index in [2.05, 4.69) is 21.5 Å². The Morgan fingerprint density at radius 2 is 2.00 bits per heavy atom. The van der Waals surface area contributed by atoms with Gasteiger partial charge in [0.05, 0.1) is 0 Å². The van der Waals surface area contributed by atoms with Gasteiger partial charge in [-0.2, -0.15) is 0 Å². The van der Waals surface area contributed by atoms with Crippen molar-refractivity contribution >= 4 is 26.1 Å². The molecule has 0 aromatic rings. The lowest BCUT2D eigenvalue weighted by molar-refractivity contribution is 2.12. The van der Waals surface area contributed by atoms with E-state index in [-0.39, 0.29) is 0 Å². The van der Waals surface area contributed by atoms with Gasteiger partial charge in [-0.15, -0.1) is 21.5 Å². The topological polar surface area (TPSA) is 0 Å². The van der Waals surface area contributed by atoms with Crippen LogP contribution in [0.1, 0.15) is 6.92 Å². The third-order valence-corrected chi connectivity index (χ3v) is 0. The van der Waals surface area contributed by atoms with Crippen LogP contribution >= 0.6 is 21.5 Å². The summed E-state index contributed by atoms with van der Waals surface area (Å²) in [5.41, 5.74) is 0. The van der Waals surface area contributed by atoms with Gasteiger partial charge < -0.3 is 0 Å². The summed E-state index contributed by atoms with van der Waals surface area (Å²) in [4.78, 5) is 0. The molecule has 0 bridgehead atoms. The summed E-state index contributed by atoms with van der Waals surface area (Å²) in [6.07, 6.45) is 0. The molecule has 0 aliphatic carbocycles. The first kappa shape index (κ1) is 4.52. The van der Waals surface area contributed by atoms with Gasteiger partial charge in [0.1, 0.15) is 0 Å². The molecule has 0 aromatic carbocycles. The lowest BCUT2D eigenvalue weighted by atomic mass is 11.0. The maximum Gasteiger partial charge on any atom is -0.00160 e. The predicted molar refractivity (Wildman–Crippen MR) is 28.0 cm³/mol. The molecule has 0 rings (SSSR count). The standard InChI is InChI=1S/C2H5PS/c1-2(3)4/h3-4H,1H3. The highest BCUT2D eigenvalue weighted by molar-refractivity contribution is 8.01. The zero-order valence-electron chi connectivity index (χ0n) is 2.45. The van der Waals surface area contributed by atoms with Crippen LogP contribution in [0.4, 0.5) is 0 Å². The minimum atomic E-state index is 0.917. The summed E-state index contributed by atoms with van der Waals surface area (Å²) < 4.78 is 0.917. The molecule has 0 N–H and O–H groups in total. The van der Waals surface area contributed by atoms with Crippen LogP contribution in [0.25, 0.3) is 0 Å². The van der Waals surface area contributed by atoms with Crippen LogP contribution in [-0.2, 0) is 0 Å². The van der Waals surface area contributed by atoms with E-state index in [0.717, 1.165) is 4.63 Å². The summed E-state index contributed by atoms with van der Waals surface area (Å²) >= 11 is 3.80. The van der Waals surface area contributed by atoms with Crippen molar-refractivity contribution in [3.05, 3.63) is 0 Å². The van der Waals surface area contributed by atoms with E-state index in [1.54, 1.807) is 0 Å². The quantitative estimate of drug-likeness (QED) is 0.337. The smallest absolute Gasteiger partial charge is 0.00160 e. The number of hydrogen-bond donors (Lipinski definition) is 1. The molecule has 0 amide bonds. The summed E-state index contributed by atoms with van der Waals surface area (Å²) in [6, 6.07) is 0. The van der Waals surface area contributed by atoms with Gasteiger partial charge in [-0.25, -0.2) is 0 Å². The van der Waals surface area contributed by atoms with Crippen LogP contribution in [0.3, 0.4) is 0 Å². The minimum absolute atomic E-state index is 0.917. The van der Waals surface area contributed by atoms with Gasteiger partial charge in [-0.3, -0.25) is 0 Å². The summed E-state index contributed by atoms with van der Waals surface area (Å²) in [5, 5.41) is 0. The summed E-state index contributed by atoms with van der Waals surface area (Å²) in [6.45, 7) is 1.86. The summed E-state index contributed by atoms with van der Waals surface area (Å²) in [7, 11) is 3.09. The van der Waals surface area contributed by atoms with Gasteiger partial charge in [0.25, 0.3) is 0 Å². The van der Waals surface area contributed by atoms with Gasteiger partial charge in [-0.1, -0.05) is 0 Å². The highest BCUT2D eigenvalue weighted by Gasteiger charge is 1.54. The van der Waals surface area contributed by atoms with E-state index in [9.17, 15) is 0 Å². The van der Waals surface area contributed by atoms with Crippen LogP contribution in [-0.4, -0.2) is 4.63 Å². The average Bonchev–Trinajstić information content (AvgIpc) is 0.811. The first-order valence-corrected chi connectivity index (χ1v) is 1.92. The number of rotatable bonds is 0. The second-order valence-electron chi connectivity index (χ2n) is 0.585. The molecular weight excluding hydrogens is 87.1 g/mol. The third kappa shape index (κ3) is 21.5. The minimum Gasteiger partial charge on any atom is -0.144 e. The lowest BCUT2D eigenvalue weighted by Crippen LogP contribution is -1.54. The monoisotopic (exact) mass is 92.0 g/mol.